The van der Waals surface area contributed by atoms with Crippen molar-refractivity contribution < 1.29 is 14.0 Å². The number of piperazine rings is 1. The van der Waals surface area contributed by atoms with Crippen LogP contribution >= 0.6 is 0 Å². The van der Waals surface area contributed by atoms with Gasteiger partial charge in [0.05, 0.1) is 19.8 Å². The lowest BCUT2D eigenvalue weighted by Gasteiger charge is -2.36. The van der Waals surface area contributed by atoms with Crippen LogP contribution in [0.1, 0.15) is 0 Å². The van der Waals surface area contributed by atoms with Crippen LogP contribution in [0.25, 0.3) is 22.8 Å². The Hall–Kier alpha value is -4.07. The summed E-state index contributed by atoms with van der Waals surface area (Å²) in [7, 11) is 3.32. The molecular weight excluding hydrogens is 418 g/mol. The highest BCUT2D eigenvalue weighted by atomic mass is 16.5. The number of hydrogen-bond donors (Lipinski definition) is 0. The van der Waals surface area contributed by atoms with E-state index in [4.69, 9.17) is 14.0 Å². The van der Waals surface area contributed by atoms with E-state index in [-0.39, 0.29) is 0 Å². The summed E-state index contributed by atoms with van der Waals surface area (Å²) in [6.07, 6.45) is 1.79. The van der Waals surface area contributed by atoms with Gasteiger partial charge in [0.2, 0.25) is 5.82 Å². The summed E-state index contributed by atoms with van der Waals surface area (Å²) < 4.78 is 15.9. The fourth-order valence-electron chi connectivity index (χ4n) is 3.88. The van der Waals surface area contributed by atoms with Gasteiger partial charge >= 0.3 is 0 Å². The molecule has 1 aliphatic heterocycles. The number of rotatable bonds is 6. The fraction of sp³-hybridized carbons (Fsp3) is 0.240. The first-order valence-corrected chi connectivity index (χ1v) is 10.8. The fourth-order valence-corrected chi connectivity index (χ4v) is 3.88. The zero-order chi connectivity index (χ0) is 22.6. The summed E-state index contributed by atoms with van der Waals surface area (Å²) in [4.78, 5) is 13.8. The number of nitrogens with zero attached hydrogens (tertiary/aromatic N) is 5. The molecule has 1 fully saturated rings. The Balaban J connectivity index is 1.22. The number of pyridine rings is 1. The van der Waals surface area contributed by atoms with Gasteiger partial charge in [0, 0.05) is 43.6 Å². The van der Waals surface area contributed by atoms with Gasteiger partial charge in [0.1, 0.15) is 17.3 Å². The molecule has 0 N–H and O–H groups in total. The molecule has 0 unspecified atom stereocenters. The number of methoxy groups -OCH3 is 2. The molecule has 168 valence electrons. The van der Waals surface area contributed by atoms with Gasteiger partial charge in [-0.3, -0.25) is 0 Å². The molecule has 33 heavy (non-hydrogen) atoms. The van der Waals surface area contributed by atoms with Crippen molar-refractivity contribution >= 4 is 11.5 Å². The summed E-state index contributed by atoms with van der Waals surface area (Å²) in [5.41, 5.74) is 2.87. The van der Waals surface area contributed by atoms with Crippen molar-refractivity contribution in [1.29, 1.82) is 0 Å². The summed E-state index contributed by atoms with van der Waals surface area (Å²) in [5.74, 6) is 3.59. The van der Waals surface area contributed by atoms with E-state index >= 15 is 0 Å². The zero-order valence-corrected chi connectivity index (χ0v) is 18.6. The SMILES string of the molecule is COc1ccc(-c2noc(-c3ccc(N4CCN(c5ccc(OC)cc5)CC4)nc3)n2)cc1. The molecule has 1 aliphatic rings. The first-order valence-electron chi connectivity index (χ1n) is 10.8. The minimum absolute atomic E-state index is 0.448. The van der Waals surface area contributed by atoms with Crippen molar-refractivity contribution in [3.63, 3.8) is 0 Å². The van der Waals surface area contributed by atoms with E-state index in [0.29, 0.717) is 11.7 Å². The van der Waals surface area contributed by atoms with Crippen LogP contribution in [0.15, 0.2) is 71.4 Å². The van der Waals surface area contributed by atoms with Gasteiger partial charge in [-0.05, 0) is 60.7 Å². The van der Waals surface area contributed by atoms with Crippen molar-refractivity contribution in [2.24, 2.45) is 0 Å². The molecule has 8 nitrogen and oxygen atoms in total. The van der Waals surface area contributed by atoms with Gasteiger partial charge in [0.25, 0.3) is 5.89 Å². The van der Waals surface area contributed by atoms with Crippen LogP contribution < -0.4 is 19.3 Å². The topological polar surface area (TPSA) is 76.8 Å². The molecule has 3 heterocycles. The van der Waals surface area contributed by atoms with E-state index < -0.39 is 0 Å². The molecule has 0 saturated carbocycles. The highest BCUT2D eigenvalue weighted by Crippen LogP contribution is 2.26. The molecule has 0 amide bonds. The Morgan fingerprint density at radius 1 is 0.727 bits per heavy atom. The minimum atomic E-state index is 0.448. The van der Waals surface area contributed by atoms with E-state index in [9.17, 15) is 0 Å². The number of aromatic nitrogens is 3. The quantitative estimate of drug-likeness (QED) is 0.440. The van der Waals surface area contributed by atoms with E-state index in [0.717, 1.165) is 54.6 Å². The minimum Gasteiger partial charge on any atom is -0.497 e. The van der Waals surface area contributed by atoms with Gasteiger partial charge in [-0.15, -0.1) is 0 Å². The first kappa shape index (κ1) is 20.8. The molecular formula is C25H25N5O3. The summed E-state index contributed by atoms with van der Waals surface area (Å²) in [6, 6.07) is 19.7. The number of ether oxygens (including phenoxy) is 2. The van der Waals surface area contributed by atoms with Crippen LogP contribution in [0.2, 0.25) is 0 Å². The van der Waals surface area contributed by atoms with Gasteiger partial charge in [-0.2, -0.15) is 4.98 Å². The average molecular weight is 444 g/mol. The molecule has 0 spiro atoms. The van der Waals surface area contributed by atoms with Gasteiger partial charge in [-0.25, -0.2) is 4.98 Å². The third-order valence-corrected chi connectivity index (χ3v) is 5.81. The van der Waals surface area contributed by atoms with Crippen LogP contribution in [0.3, 0.4) is 0 Å². The first-order chi connectivity index (χ1) is 16.2. The molecule has 0 bridgehead atoms. The second-order valence-corrected chi connectivity index (χ2v) is 7.73. The maximum absolute atomic E-state index is 5.47. The lowest BCUT2D eigenvalue weighted by atomic mass is 10.2. The maximum Gasteiger partial charge on any atom is 0.259 e. The lowest BCUT2D eigenvalue weighted by Crippen LogP contribution is -2.46. The van der Waals surface area contributed by atoms with Crippen molar-refractivity contribution in [1.82, 2.24) is 15.1 Å². The van der Waals surface area contributed by atoms with E-state index in [1.165, 1.54) is 5.69 Å². The molecule has 1 saturated heterocycles. The number of hydrogen-bond acceptors (Lipinski definition) is 8. The van der Waals surface area contributed by atoms with Crippen LogP contribution in [-0.4, -0.2) is 55.5 Å². The number of benzene rings is 2. The van der Waals surface area contributed by atoms with Gasteiger partial charge in [-0.1, -0.05) is 5.16 Å². The largest absolute Gasteiger partial charge is 0.497 e. The smallest absolute Gasteiger partial charge is 0.259 e. The molecule has 2 aromatic carbocycles. The summed E-state index contributed by atoms with van der Waals surface area (Å²) in [6.45, 7) is 3.68. The highest BCUT2D eigenvalue weighted by Gasteiger charge is 2.19. The van der Waals surface area contributed by atoms with Gasteiger partial charge < -0.3 is 23.8 Å². The van der Waals surface area contributed by atoms with Crippen LogP contribution in [0, 0.1) is 0 Å². The third kappa shape index (κ3) is 4.45. The van der Waals surface area contributed by atoms with Crippen molar-refractivity contribution in [2.45, 2.75) is 0 Å². The maximum atomic E-state index is 5.47. The van der Waals surface area contributed by atoms with Crippen molar-refractivity contribution in [2.75, 3.05) is 50.2 Å². The van der Waals surface area contributed by atoms with Crippen LogP contribution in [0.4, 0.5) is 11.5 Å². The summed E-state index contributed by atoms with van der Waals surface area (Å²) >= 11 is 0. The molecule has 2 aromatic heterocycles. The van der Waals surface area contributed by atoms with Crippen molar-refractivity contribution in [3.05, 3.63) is 66.9 Å². The molecule has 0 radical (unpaired) electrons. The lowest BCUT2D eigenvalue weighted by molar-refractivity contribution is 0.414. The molecule has 4 aromatic rings. The van der Waals surface area contributed by atoms with E-state index in [1.54, 1.807) is 20.4 Å². The Morgan fingerprint density at radius 2 is 1.33 bits per heavy atom. The Bertz CT molecular complexity index is 1180. The predicted molar refractivity (Wildman–Crippen MR) is 127 cm³/mol. The summed E-state index contributed by atoms with van der Waals surface area (Å²) in [5, 5.41) is 4.10. The Kier molecular flexibility index (Phi) is 5.80. The second-order valence-electron chi connectivity index (χ2n) is 7.73. The molecule has 0 aliphatic carbocycles. The second kappa shape index (κ2) is 9.20. The zero-order valence-electron chi connectivity index (χ0n) is 18.6. The highest BCUT2D eigenvalue weighted by molar-refractivity contribution is 5.61. The normalized spacial score (nSPS) is 13.8. The standard InChI is InChI=1S/C25H25N5O3/c1-31-21-8-3-18(4-9-21)24-27-25(33-28-24)19-5-12-23(26-17-19)30-15-13-29(14-16-30)20-6-10-22(32-2)11-7-20/h3-12,17H,13-16H2,1-2H3. The van der Waals surface area contributed by atoms with Crippen molar-refractivity contribution in [3.8, 4) is 34.3 Å². The monoisotopic (exact) mass is 443 g/mol. The molecule has 8 heteroatoms. The molecule has 0 atom stereocenters. The predicted octanol–water partition coefficient (Wildman–Crippen LogP) is 4.14. The third-order valence-electron chi connectivity index (χ3n) is 5.81. The van der Waals surface area contributed by atoms with E-state index in [1.807, 2.05) is 48.5 Å². The number of anilines is 2. The van der Waals surface area contributed by atoms with Crippen LogP contribution in [-0.2, 0) is 0 Å². The van der Waals surface area contributed by atoms with Crippen LogP contribution in [0.5, 0.6) is 11.5 Å². The average Bonchev–Trinajstić information content (AvgIpc) is 3.39. The molecule has 5 rings (SSSR count). The van der Waals surface area contributed by atoms with Gasteiger partial charge in [0.15, 0.2) is 0 Å². The Labute approximate surface area is 192 Å². The van der Waals surface area contributed by atoms with E-state index in [2.05, 4.69) is 37.1 Å². The Morgan fingerprint density at radius 3 is 1.94 bits per heavy atom.